The smallest absolute Gasteiger partial charge is 0.454 e. The van der Waals surface area contributed by atoms with E-state index < -0.39 is 6.36 Å². The lowest BCUT2D eigenvalue weighted by Crippen LogP contribution is -2.17. The molecule has 0 atom stereocenters. The van der Waals surface area contributed by atoms with Gasteiger partial charge in [-0.3, -0.25) is 0 Å². The van der Waals surface area contributed by atoms with Gasteiger partial charge in [0.25, 0.3) is 0 Å². The molecule has 0 aromatic heterocycles. The molecule has 1 aliphatic rings. The quantitative estimate of drug-likeness (QED) is 0.828. The fourth-order valence-electron chi connectivity index (χ4n) is 2.26. The number of fused-ring (bicyclic) bond motifs is 1. The molecule has 0 fully saturated rings. The third kappa shape index (κ3) is 2.72. The Morgan fingerprint density at radius 3 is 2.41 bits per heavy atom. The van der Waals surface area contributed by atoms with Crippen LogP contribution in [0.4, 0.5) is 13.2 Å². The lowest BCUT2D eigenvalue weighted by Gasteiger charge is -2.15. The Labute approximate surface area is 124 Å². The molecule has 0 aliphatic carbocycles. The second kappa shape index (κ2) is 5.29. The zero-order valence-corrected chi connectivity index (χ0v) is 11.3. The molecule has 0 bridgehead atoms. The summed E-state index contributed by atoms with van der Waals surface area (Å²) in [6.45, 7) is 3.77. The first kappa shape index (κ1) is 14.3. The molecule has 0 N–H and O–H groups in total. The van der Waals surface area contributed by atoms with Gasteiger partial charge in [-0.25, -0.2) is 0 Å². The maximum absolute atomic E-state index is 12.6. The molecular weight excluding hydrogens is 297 g/mol. The van der Waals surface area contributed by atoms with Gasteiger partial charge in [0.2, 0.25) is 6.79 Å². The summed E-state index contributed by atoms with van der Waals surface area (Å²) in [5.41, 5.74) is 1.45. The van der Waals surface area contributed by atoms with Crippen molar-refractivity contribution in [1.29, 1.82) is 0 Å². The number of alkyl halides is 3. The average molecular weight is 308 g/mol. The van der Waals surface area contributed by atoms with Crippen LogP contribution in [0.25, 0.3) is 17.2 Å². The Balaban J connectivity index is 2.14. The van der Waals surface area contributed by atoms with Gasteiger partial charge in [0, 0.05) is 5.56 Å². The van der Waals surface area contributed by atoms with Crippen LogP contribution in [-0.4, -0.2) is 13.2 Å². The Kier molecular flexibility index (Phi) is 3.44. The van der Waals surface area contributed by atoms with Gasteiger partial charge in [0.15, 0.2) is 11.5 Å². The Bertz CT molecular complexity index is 723. The van der Waals surface area contributed by atoms with E-state index in [0.717, 1.165) is 0 Å². The number of hydrogen-bond donors (Lipinski definition) is 0. The van der Waals surface area contributed by atoms with Gasteiger partial charge in [-0.15, -0.1) is 13.2 Å². The predicted molar refractivity (Wildman–Crippen MR) is 74.8 cm³/mol. The summed E-state index contributed by atoms with van der Waals surface area (Å²) in [6, 6.07) is 9.22. The zero-order chi connectivity index (χ0) is 15.7. The molecule has 0 amide bonds. The highest BCUT2D eigenvalue weighted by Gasteiger charge is 2.32. The number of para-hydroxylation sites is 1. The fourth-order valence-corrected chi connectivity index (χ4v) is 2.26. The van der Waals surface area contributed by atoms with E-state index in [1.54, 1.807) is 30.3 Å². The standard InChI is InChI=1S/C16H11F3O3/c1-2-10-7-14-15(21-9-20-14)8-12(10)11-5-3-4-6-13(11)22-16(17,18)19/h2-8H,1,9H2. The minimum absolute atomic E-state index is 0.0794. The van der Waals surface area contributed by atoms with E-state index in [2.05, 4.69) is 11.3 Å². The van der Waals surface area contributed by atoms with E-state index in [9.17, 15) is 13.2 Å². The number of halogens is 3. The minimum atomic E-state index is -4.76. The van der Waals surface area contributed by atoms with Crippen molar-refractivity contribution in [3.8, 4) is 28.4 Å². The summed E-state index contributed by atoms with van der Waals surface area (Å²) >= 11 is 0. The number of ether oxygens (including phenoxy) is 3. The van der Waals surface area contributed by atoms with Crippen LogP contribution in [-0.2, 0) is 0 Å². The fraction of sp³-hybridized carbons (Fsp3) is 0.125. The lowest BCUT2D eigenvalue weighted by molar-refractivity contribution is -0.274. The van der Waals surface area contributed by atoms with Gasteiger partial charge in [-0.05, 0) is 29.3 Å². The molecule has 114 valence electrons. The van der Waals surface area contributed by atoms with E-state index >= 15 is 0 Å². The van der Waals surface area contributed by atoms with Crippen molar-refractivity contribution in [1.82, 2.24) is 0 Å². The van der Waals surface area contributed by atoms with Gasteiger partial charge in [-0.1, -0.05) is 30.9 Å². The summed E-state index contributed by atoms with van der Waals surface area (Å²) in [7, 11) is 0. The molecule has 3 rings (SSSR count). The molecule has 3 nitrogen and oxygen atoms in total. The molecule has 6 heteroatoms. The summed E-state index contributed by atoms with van der Waals surface area (Å²) in [6.07, 6.45) is -3.22. The van der Waals surface area contributed by atoms with Crippen molar-refractivity contribution in [2.45, 2.75) is 6.36 Å². The molecule has 0 radical (unpaired) electrons. The van der Waals surface area contributed by atoms with Crippen molar-refractivity contribution >= 4 is 6.08 Å². The number of benzene rings is 2. The second-order valence-electron chi connectivity index (χ2n) is 4.54. The average Bonchev–Trinajstić information content (AvgIpc) is 2.92. The van der Waals surface area contributed by atoms with Crippen molar-refractivity contribution in [2.75, 3.05) is 6.79 Å². The van der Waals surface area contributed by atoms with Crippen LogP contribution >= 0.6 is 0 Å². The largest absolute Gasteiger partial charge is 0.573 e. The molecule has 0 spiro atoms. The van der Waals surface area contributed by atoms with Gasteiger partial charge < -0.3 is 14.2 Å². The predicted octanol–water partition coefficient (Wildman–Crippen LogP) is 4.62. The van der Waals surface area contributed by atoms with Crippen LogP contribution in [0.1, 0.15) is 5.56 Å². The van der Waals surface area contributed by atoms with Crippen LogP contribution in [0, 0.1) is 0 Å². The highest BCUT2D eigenvalue weighted by atomic mass is 19.4. The van der Waals surface area contributed by atoms with Crippen LogP contribution < -0.4 is 14.2 Å². The van der Waals surface area contributed by atoms with Crippen molar-refractivity contribution in [3.05, 3.63) is 48.5 Å². The van der Waals surface area contributed by atoms with Crippen LogP contribution in [0.3, 0.4) is 0 Å². The van der Waals surface area contributed by atoms with Gasteiger partial charge in [-0.2, -0.15) is 0 Å². The minimum Gasteiger partial charge on any atom is -0.454 e. The molecule has 1 heterocycles. The first-order valence-electron chi connectivity index (χ1n) is 6.39. The van der Waals surface area contributed by atoms with Crippen molar-refractivity contribution < 1.29 is 27.4 Å². The molecule has 0 saturated heterocycles. The third-order valence-corrected chi connectivity index (χ3v) is 3.17. The molecule has 2 aromatic rings. The van der Waals surface area contributed by atoms with E-state index in [1.165, 1.54) is 12.1 Å². The zero-order valence-electron chi connectivity index (χ0n) is 11.3. The summed E-state index contributed by atoms with van der Waals surface area (Å²) < 4.78 is 52.3. The van der Waals surface area contributed by atoms with E-state index in [-0.39, 0.29) is 12.5 Å². The second-order valence-corrected chi connectivity index (χ2v) is 4.54. The lowest BCUT2D eigenvalue weighted by atomic mass is 9.98. The first-order chi connectivity index (χ1) is 10.5. The van der Waals surface area contributed by atoms with E-state index in [4.69, 9.17) is 9.47 Å². The van der Waals surface area contributed by atoms with Gasteiger partial charge >= 0.3 is 6.36 Å². The SMILES string of the molecule is C=Cc1cc2c(cc1-c1ccccc1OC(F)(F)F)OCO2. The molecule has 0 saturated carbocycles. The maximum Gasteiger partial charge on any atom is 0.573 e. The van der Waals surface area contributed by atoms with E-state index in [0.29, 0.717) is 28.2 Å². The summed E-state index contributed by atoms with van der Waals surface area (Å²) in [5.74, 6) is 0.729. The Morgan fingerprint density at radius 2 is 1.73 bits per heavy atom. The third-order valence-electron chi connectivity index (χ3n) is 3.17. The number of rotatable bonds is 3. The number of hydrogen-bond acceptors (Lipinski definition) is 3. The molecule has 22 heavy (non-hydrogen) atoms. The maximum atomic E-state index is 12.6. The monoisotopic (exact) mass is 308 g/mol. The highest BCUT2D eigenvalue weighted by Crippen LogP contribution is 2.42. The molecular formula is C16H11F3O3. The van der Waals surface area contributed by atoms with Crippen LogP contribution in [0.15, 0.2) is 43.0 Å². The van der Waals surface area contributed by atoms with Crippen molar-refractivity contribution in [3.63, 3.8) is 0 Å². The molecule has 1 aliphatic heterocycles. The van der Waals surface area contributed by atoms with Gasteiger partial charge in [0.1, 0.15) is 5.75 Å². The van der Waals surface area contributed by atoms with E-state index in [1.807, 2.05) is 0 Å². The molecule has 0 unspecified atom stereocenters. The van der Waals surface area contributed by atoms with Crippen molar-refractivity contribution in [2.24, 2.45) is 0 Å². The topological polar surface area (TPSA) is 27.7 Å². The van der Waals surface area contributed by atoms with Crippen LogP contribution in [0.5, 0.6) is 17.2 Å². The Morgan fingerprint density at radius 1 is 1.05 bits per heavy atom. The molecule has 2 aromatic carbocycles. The Hall–Kier alpha value is -2.63. The summed E-state index contributed by atoms with van der Waals surface area (Å²) in [4.78, 5) is 0. The van der Waals surface area contributed by atoms with Gasteiger partial charge in [0.05, 0.1) is 0 Å². The normalized spacial score (nSPS) is 13.0. The first-order valence-corrected chi connectivity index (χ1v) is 6.39. The highest BCUT2D eigenvalue weighted by molar-refractivity contribution is 5.81. The van der Waals surface area contributed by atoms with Crippen LogP contribution in [0.2, 0.25) is 0 Å². The summed E-state index contributed by atoms with van der Waals surface area (Å²) in [5, 5.41) is 0.